The molecule has 0 aliphatic heterocycles. The zero-order chi connectivity index (χ0) is 18.7. The molecule has 0 bridgehead atoms. The van der Waals surface area contributed by atoms with Crippen LogP contribution in [0.5, 0.6) is 5.75 Å². The number of rotatable bonds is 3. The summed E-state index contributed by atoms with van der Waals surface area (Å²) in [7, 11) is 1.40. The third-order valence-electron chi connectivity index (χ3n) is 3.61. The quantitative estimate of drug-likeness (QED) is 0.605. The number of amides is 2. The number of halogens is 1. The molecule has 9 heteroatoms. The fourth-order valence-corrected chi connectivity index (χ4v) is 2.54. The first-order valence-corrected chi connectivity index (χ1v) is 7.80. The Morgan fingerprint density at radius 1 is 1.08 bits per heavy atom. The van der Waals surface area contributed by atoms with Gasteiger partial charge < -0.3 is 4.74 Å². The van der Waals surface area contributed by atoms with E-state index in [0.29, 0.717) is 15.8 Å². The summed E-state index contributed by atoms with van der Waals surface area (Å²) in [5.41, 5.74) is 4.30. The smallest absolute Gasteiger partial charge is 0.290 e. The molecule has 0 radical (unpaired) electrons. The number of aromatic nitrogens is 2. The van der Waals surface area contributed by atoms with Crippen molar-refractivity contribution in [2.45, 2.75) is 0 Å². The Labute approximate surface area is 152 Å². The van der Waals surface area contributed by atoms with Crippen molar-refractivity contribution in [2.24, 2.45) is 0 Å². The van der Waals surface area contributed by atoms with Gasteiger partial charge in [-0.3, -0.25) is 25.2 Å². The van der Waals surface area contributed by atoms with E-state index in [4.69, 9.17) is 16.3 Å². The molecule has 26 heavy (non-hydrogen) atoms. The zero-order valence-electron chi connectivity index (χ0n) is 13.5. The summed E-state index contributed by atoms with van der Waals surface area (Å²) in [5, 5.41) is 7.11. The Morgan fingerprint density at radius 2 is 1.77 bits per heavy atom. The van der Waals surface area contributed by atoms with Crippen LogP contribution in [-0.2, 0) is 0 Å². The van der Waals surface area contributed by atoms with Crippen LogP contribution in [-0.4, -0.2) is 29.1 Å². The molecular formula is C17H13ClN4O4. The molecule has 0 saturated heterocycles. The van der Waals surface area contributed by atoms with Crippen LogP contribution in [0.2, 0.25) is 5.02 Å². The number of benzene rings is 2. The van der Waals surface area contributed by atoms with E-state index in [-0.39, 0.29) is 17.0 Å². The third-order valence-corrected chi connectivity index (χ3v) is 3.84. The van der Waals surface area contributed by atoms with Crippen molar-refractivity contribution in [3.8, 4) is 5.75 Å². The summed E-state index contributed by atoms with van der Waals surface area (Å²) >= 11 is 5.86. The molecule has 3 N–H and O–H groups in total. The van der Waals surface area contributed by atoms with E-state index in [9.17, 15) is 14.4 Å². The minimum Gasteiger partial charge on any atom is -0.496 e. The highest BCUT2D eigenvalue weighted by atomic mass is 35.5. The number of fused-ring (bicyclic) bond motifs is 1. The highest BCUT2D eigenvalue weighted by molar-refractivity contribution is 6.30. The fourth-order valence-electron chi connectivity index (χ4n) is 2.38. The number of hydrazine groups is 1. The number of nitrogens with zero attached hydrogens (tertiary/aromatic N) is 1. The molecule has 8 nitrogen and oxygen atoms in total. The van der Waals surface area contributed by atoms with Crippen LogP contribution >= 0.6 is 11.6 Å². The van der Waals surface area contributed by atoms with Gasteiger partial charge in [-0.2, -0.15) is 5.10 Å². The van der Waals surface area contributed by atoms with Gasteiger partial charge in [-0.25, -0.2) is 5.10 Å². The predicted octanol–water partition coefficient (Wildman–Crippen LogP) is 1.66. The molecule has 2 amide bonds. The lowest BCUT2D eigenvalue weighted by Gasteiger charge is -2.11. The standard InChI is InChI=1S/C17H13ClN4O4/c1-26-13-8-9(18)6-7-12(13)16(24)21-22-17(25)14-10-4-2-3-5-11(10)15(23)20-19-14/h2-8H,1H3,(H,20,23)(H,21,24)(H,22,25). The summed E-state index contributed by atoms with van der Waals surface area (Å²) in [5.74, 6) is -1.02. The van der Waals surface area contributed by atoms with E-state index in [2.05, 4.69) is 21.0 Å². The van der Waals surface area contributed by atoms with Gasteiger partial charge >= 0.3 is 0 Å². The monoisotopic (exact) mass is 372 g/mol. The molecular weight excluding hydrogens is 360 g/mol. The van der Waals surface area contributed by atoms with Crippen LogP contribution < -0.4 is 21.1 Å². The van der Waals surface area contributed by atoms with Gasteiger partial charge in [0, 0.05) is 10.4 Å². The normalized spacial score (nSPS) is 10.4. The second kappa shape index (κ2) is 7.24. The molecule has 0 aliphatic carbocycles. The van der Waals surface area contributed by atoms with E-state index in [1.54, 1.807) is 24.3 Å². The van der Waals surface area contributed by atoms with Gasteiger partial charge in [-0.1, -0.05) is 29.8 Å². The number of nitrogens with one attached hydrogen (secondary N) is 3. The van der Waals surface area contributed by atoms with Crippen molar-refractivity contribution < 1.29 is 14.3 Å². The molecule has 1 heterocycles. The van der Waals surface area contributed by atoms with Gasteiger partial charge in [0.1, 0.15) is 5.75 Å². The number of ether oxygens (including phenoxy) is 1. The van der Waals surface area contributed by atoms with Crippen LogP contribution in [0, 0.1) is 0 Å². The maximum atomic E-state index is 12.4. The first-order valence-electron chi connectivity index (χ1n) is 7.43. The Morgan fingerprint density at radius 3 is 2.50 bits per heavy atom. The van der Waals surface area contributed by atoms with Crippen LogP contribution in [0.3, 0.4) is 0 Å². The molecule has 0 aliphatic rings. The van der Waals surface area contributed by atoms with E-state index >= 15 is 0 Å². The second-order valence-corrected chi connectivity index (χ2v) is 5.64. The Kier molecular flexibility index (Phi) is 4.85. The van der Waals surface area contributed by atoms with Gasteiger partial charge in [0.15, 0.2) is 5.69 Å². The minimum atomic E-state index is -0.682. The molecule has 0 spiro atoms. The van der Waals surface area contributed by atoms with Gasteiger partial charge in [-0.15, -0.1) is 0 Å². The van der Waals surface area contributed by atoms with Crippen LogP contribution in [0.4, 0.5) is 0 Å². The summed E-state index contributed by atoms with van der Waals surface area (Å²) in [4.78, 5) is 36.4. The van der Waals surface area contributed by atoms with Crippen LogP contribution in [0.1, 0.15) is 20.8 Å². The van der Waals surface area contributed by atoms with E-state index < -0.39 is 17.4 Å². The Bertz CT molecular complexity index is 1060. The Balaban J connectivity index is 1.81. The molecule has 0 atom stereocenters. The number of hydrogen-bond donors (Lipinski definition) is 3. The van der Waals surface area contributed by atoms with Crippen molar-refractivity contribution in [3.05, 3.63) is 69.1 Å². The molecule has 3 aromatic rings. The number of carbonyl (C=O) groups is 2. The maximum Gasteiger partial charge on any atom is 0.290 e. The van der Waals surface area contributed by atoms with Gasteiger partial charge in [0.2, 0.25) is 0 Å². The lowest BCUT2D eigenvalue weighted by Crippen LogP contribution is -2.42. The molecule has 0 saturated carbocycles. The average molecular weight is 373 g/mol. The minimum absolute atomic E-state index is 0.0245. The number of hydrogen-bond acceptors (Lipinski definition) is 5. The van der Waals surface area contributed by atoms with E-state index in [1.807, 2.05) is 0 Å². The number of H-pyrrole nitrogens is 1. The van der Waals surface area contributed by atoms with Crippen molar-refractivity contribution in [2.75, 3.05) is 7.11 Å². The number of carbonyl (C=O) groups excluding carboxylic acids is 2. The van der Waals surface area contributed by atoms with E-state index in [0.717, 1.165) is 0 Å². The average Bonchev–Trinajstić information content (AvgIpc) is 2.66. The second-order valence-electron chi connectivity index (χ2n) is 5.20. The summed E-state index contributed by atoms with van der Waals surface area (Å²) in [6, 6.07) is 11.0. The maximum absolute atomic E-state index is 12.4. The largest absolute Gasteiger partial charge is 0.496 e. The summed E-state index contributed by atoms with van der Waals surface area (Å²) in [6.07, 6.45) is 0. The molecule has 1 aromatic heterocycles. The third kappa shape index (κ3) is 3.35. The van der Waals surface area contributed by atoms with Gasteiger partial charge in [-0.05, 0) is 24.3 Å². The molecule has 0 fully saturated rings. The predicted molar refractivity (Wildman–Crippen MR) is 95.3 cm³/mol. The lowest BCUT2D eigenvalue weighted by molar-refractivity contribution is 0.0842. The first-order chi connectivity index (χ1) is 12.5. The molecule has 0 unspecified atom stereocenters. The highest BCUT2D eigenvalue weighted by Crippen LogP contribution is 2.22. The van der Waals surface area contributed by atoms with Gasteiger partial charge in [0.05, 0.1) is 18.1 Å². The fraction of sp³-hybridized carbons (Fsp3) is 0.0588. The van der Waals surface area contributed by atoms with Crippen molar-refractivity contribution in [1.82, 2.24) is 21.0 Å². The van der Waals surface area contributed by atoms with Gasteiger partial charge in [0.25, 0.3) is 17.4 Å². The van der Waals surface area contributed by atoms with Crippen molar-refractivity contribution >= 4 is 34.2 Å². The highest BCUT2D eigenvalue weighted by Gasteiger charge is 2.17. The summed E-state index contributed by atoms with van der Waals surface area (Å²) in [6.45, 7) is 0. The van der Waals surface area contributed by atoms with Crippen molar-refractivity contribution in [3.63, 3.8) is 0 Å². The summed E-state index contributed by atoms with van der Waals surface area (Å²) < 4.78 is 5.10. The van der Waals surface area contributed by atoms with E-state index in [1.165, 1.54) is 25.3 Å². The zero-order valence-corrected chi connectivity index (χ0v) is 14.3. The van der Waals surface area contributed by atoms with Crippen LogP contribution in [0.15, 0.2) is 47.3 Å². The lowest BCUT2D eigenvalue weighted by atomic mass is 10.1. The molecule has 2 aromatic carbocycles. The number of methoxy groups -OCH3 is 1. The molecule has 132 valence electrons. The van der Waals surface area contributed by atoms with Crippen LogP contribution in [0.25, 0.3) is 10.8 Å². The Hall–Kier alpha value is -3.39. The first kappa shape index (κ1) is 17.4. The van der Waals surface area contributed by atoms with Crippen molar-refractivity contribution in [1.29, 1.82) is 0 Å². The topological polar surface area (TPSA) is 113 Å². The SMILES string of the molecule is COc1cc(Cl)ccc1C(=O)NNC(=O)c1n[nH]c(=O)c2ccccc12. The molecule has 3 rings (SSSR count). The number of aromatic amines is 1.